The first-order chi connectivity index (χ1) is 9.19. The van der Waals surface area contributed by atoms with E-state index >= 15 is 0 Å². The molecule has 2 aromatic heterocycles. The van der Waals surface area contributed by atoms with E-state index in [0.717, 1.165) is 4.88 Å². The maximum absolute atomic E-state index is 11.9. The molecule has 5 nitrogen and oxygen atoms in total. The van der Waals surface area contributed by atoms with Crippen LogP contribution in [0.25, 0.3) is 0 Å². The molecule has 0 atom stereocenters. The van der Waals surface area contributed by atoms with E-state index in [2.05, 4.69) is 22.3 Å². The number of nitrogens with one attached hydrogen (secondary N) is 1. The summed E-state index contributed by atoms with van der Waals surface area (Å²) < 4.78 is 1.62. The lowest BCUT2D eigenvalue weighted by atomic mass is 10.4. The molecule has 2 aromatic rings. The summed E-state index contributed by atoms with van der Waals surface area (Å²) in [6, 6.07) is 3.53. The quantitative estimate of drug-likeness (QED) is 0.834. The number of rotatable bonds is 3. The smallest absolute Gasteiger partial charge is 0.265 e. The normalized spacial score (nSPS) is 9.79. The zero-order chi connectivity index (χ0) is 13.7. The number of hydrogen-bond donors (Lipinski definition) is 2. The van der Waals surface area contributed by atoms with Gasteiger partial charge in [0, 0.05) is 19.7 Å². The summed E-state index contributed by atoms with van der Waals surface area (Å²) in [5, 5.41) is 15.4. The predicted molar refractivity (Wildman–Crippen MR) is 74.1 cm³/mol. The van der Waals surface area contributed by atoms with Gasteiger partial charge in [-0.25, -0.2) is 0 Å². The van der Waals surface area contributed by atoms with Gasteiger partial charge in [0.15, 0.2) is 0 Å². The Bertz CT molecular complexity index is 634. The van der Waals surface area contributed by atoms with Crippen LogP contribution in [0.3, 0.4) is 0 Å². The fourth-order valence-electron chi connectivity index (χ4n) is 1.41. The molecule has 0 aromatic carbocycles. The second-order valence-electron chi connectivity index (χ2n) is 3.80. The van der Waals surface area contributed by atoms with Crippen LogP contribution in [0.2, 0.25) is 0 Å². The highest BCUT2D eigenvalue weighted by Gasteiger charge is 2.09. The Morgan fingerprint density at radius 1 is 1.58 bits per heavy atom. The van der Waals surface area contributed by atoms with Gasteiger partial charge < -0.3 is 10.4 Å². The Morgan fingerprint density at radius 3 is 3.11 bits per heavy atom. The van der Waals surface area contributed by atoms with Crippen LogP contribution in [0, 0.1) is 11.8 Å². The molecule has 0 spiro atoms. The Labute approximate surface area is 114 Å². The highest BCUT2D eigenvalue weighted by Crippen LogP contribution is 2.17. The Morgan fingerprint density at radius 2 is 2.42 bits per heavy atom. The van der Waals surface area contributed by atoms with Gasteiger partial charge >= 0.3 is 0 Å². The molecule has 19 heavy (non-hydrogen) atoms. The van der Waals surface area contributed by atoms with Crippen LogP contribution in [0.15, 0.2) is 24.5 Å². The SMILES string of the molecule is Cn1cc(NC(=O)c2ccc(C#CCCO)s2)cn1. The van der Waals surface area contributed by atoms with Crippen LogP contribution >= 0.6 is 11.3 Å². The molecule has 6 heteroatoms. The van der Waals surface area contributed by atoms with Crippen molar-refractivity contribution in [1.29, 1.82) is 0 Å². The standard InChI is InChI=1S/C13H13N3O2S/c1-16-9-10(8-14-16)15-13(18)12-6-5-11(19-12)4-2-3-7-17/h5-6,8-9,17H,3,7H2,1H3,(H,15,18). The molecule has 0 aliphatic rings. The third-order valence-corrected chi connectivity index (χ3v) is 3.24. The van der Waals surface area contributed by atoms with Crippen molar-refractivity contribution in [2.45, 2.75) is 6.42 Å². The number of amides is 1. The zero-order valence-electron chi connectivity index (χ0n) is 10.4. The number of carbonyl (C=O) groups excluding carboxylic acids is 1. The molecule has 0 aliphatic carbocycles. The maximum Gasteiger partial charge on any atom is 0.265 e. The average Bonchev–Trinajstić information content (AvgIpc) is 2.99. The van der Waals surface area contributed by atoms with Gasteiger partial charge in [-0.15, -0.1) is 11.3 Å². The fourth-order valence-corrected chi connectivity index (χ4v) is 2.19. The monoisotopic (exact) mass is 275 g/mol. The molecular weight excluding hydrogens is 262 g/mol. The molecule has 0 aliphatic heterocycles. The van der Waals surface area contributed by atoms with E-state index in [1.165, 1.54) is 11.3 Å². The molecule has 2 rings (SSSR count). The first-order valence-electron chi connectivity index (χ1n) is 5.68. The molecule has 0 saturated heterocycles. The molecule has 0 unspecified atom stereocenters. The summed E-state index contributed by atoms with van der Waals surface area (Å²) in [7, 11) is 1.79. The Balaban J connectivity index is 2.02. The van der Waals surface area contributed by atoms with Gasteiger partial charge in [0.25, 0.3) is 5.91 Å². The van der Waals surface area contributed by atoms with Gasteiger partial charge in [-0.2, -0.15) is 5.10 Å². The summed E-state index contributed by atoms with van der Waals surface area (Å²) in [5.41, 5.74) is 0.661. The number of aromatic nitrogens is 2. The van der Waals surface area contributed by atoms with Crippen LogP contribution in [0.4, 0.5) is 5.69 Å². The average molecular weight is 275 g/mol. The molecule has 2 heterocycles. The number of aliphatic hydroxyl groups is 1. The number of aryl methyl sites for hydroxylation is 1. The molecule has 2 N–H and O–H groups in total. The summed E-state index contributed by atoms with van der Waals surface area (Å²) in [5.74, 6) is 5.55. The maximum atomic E-state index is 11.9. The van der Waals surface area contributed by atoms with Crippen molar-refractivity contribution < 1.29 is 9.90 Å². The number of thiophene rings is 1. The molecule has 0 fully saturated rings. The van der Waals surface area contributed by atoms with Gasteiger partial charge in [-0.05, 0) is 12.1 Å². The number of nitrogens with zero attached hydrogens (tertiary/aromatic N) is 2. The third-order valence-electron chi connectivity index (χ3n) is 2.24. The molecule has 0 radical (unpaired) electrons. The highest BCUT2D eigenvalue weighted by molar-refractivity contribution is 7.14. The Hall–Kier alpha value is -2.10. The van der Waals surface area contributed by atoms with Gasteiger partial charge in [-0.3, -0.25) is 9.48 Å². The van der Waals surface area contributed by atoms with Crippen molar-refractivity contribution in [2.24, 2.45) is 7.05 Å². The van der Waals surface area contributed by atoms with E-state index in [9.17, 15) is 4.79 Å². The molecular formula is C13H13N3O2S. The number of carbonyl (C=O) groups is 1. The van der Waals surface area contributed by atoms with Crippen molar-refractivity contribution in [3.63, 3.8) is 0 Å². The third kappa shape index (κ3) is 3.68. The molecule has 1 amide bonds. The van der Waals surface area contributed by atoms with Gasteiger partial charge in [0.05, 0.1) is 28.2 Å². The second kappa shape index (κ2) is 6.18. The minimum atomic E-state index is -0.173. The Kier molecular flexibility index (Phi) is 4.34. The minimum absolute atomic E-state index is 0.0483. The van der Waals surface area contributed by atoms with Gasteiger partial charge in [0.2, 0.25) is 0 Å². The van der Waals surface area contributed by atoms with Crippen LogP contribution in [0.1, 0.15) is 21.0 Å². The van der Waals surface area contributed by atoms with E-state index in [1.807, 2.05) is 0 Å². The van der Waals surface area contributed by atoms with Crippen LogP contribution in [-0.4, -0.2) is 27.4 Å². The van der Waals surface area contributed by atoms with Gasteiger partial charge in [-0.1, -0.05) is 11.8 Å². The van der Waals surface area contributed by atoms with Crippen molar-refractivity contribution in [1.82, 2.24) is 9.78 Å². The summed E-state index contributed by atoms with van der Waals surface area (Å²) in [6.45, 7) is 0.0483. The lowest BCUT2D eigenvalue weighted by Gasteiger charge is -1.98. The fraction of sp³-hybridized carbons (Fsp3) is 0.231. The van der Waals surface area contributed by atoms with E-state index in [4.69, 9.17) is 5.11 Å². The van der Waals surface area contributed by atoms with E-state index < -0.39 is 0 Å². The molecule has 98 valence electrons. The topological polar surface area (TPSA) is 67.2 Å². The van der Waals surface area contributed by atoms with Crippen LogP contribution in [-0.2, 0) is 7.05 Å². The zero-order valence-corrected chi connectivity index (χ0v) is 11.2. The van der Waals surface area contributed by atoms with E-state index in [-0.39, 0.29) is 12.5 Å². The van der Waals surface area contributed by atoms with E-state index in [0.29, 0.717) is 17.0 Å². The number of aliphatic hydroxyl groups excluding tert-OH is 1. The largest absolute Gasteiger partial charge is 0.395 e. The van der Waals surface area contributed by atoms with Crippen molar-refractivity contribution in [3.8, 4) is 11.8 Å². The van der Waals surface area contributed by atoms with Crippen molar-refractivity contribution >= 4 is 22.9 Å². The molecule has 0 saturated carbocycles. The second-order valence-corrected chi connectivity index (χ2v) is 4.88. The lowest BCUT2D eigenvalue weighted by molar-refractivity contribution is 0.103. The number of anilines is 1. The first kappa shape index (κ1) is 13.3. The summed E-state index contributed by atoms with van der Waals surface area (Å²) in [6.07, 6.45) is 3.76. The van der Waals surface area contributed by atoms with Gasteiger partial charge in [0.1, 0.15) is 0 Å². The molecule has 0 bridgehead atoms. The predicted octanol–water partition coefficient (Wildman–Crippen LogP) is 1.47. The van der Waals surface area contributed by atoms with E-state index in [1.54, 1.807) is 36.3 Å². The lowest BCUT2D eigenvalue weighted by Crippen LogP contribution is -2.09. The number of hydrogen-bond acceptors (Lipinski definition) is 4. The van der Waals surface area contributed by atoms with Crippen LogP contribution in [0.5, 0.6) is 0 Å². The van der Waals surface area contributed by atoms with Crippen LogP contribution < -0.4 is 5.32 Å². The summed E-state index contributed by atoms with van der Waals surface area (Å²) in [4.78, 5) is 13.3. The highest BCUT2D eigenvalue weighted by atomic mass is 32.1. The van der Waals surface area contributed by atoms with Crippen molar-refractivity contribution in [3.05, 3.63) is 34.3 Å². The summed E-state index contributed by atoms with van der Waals surface area (Å²) >= 11 is 1.32. The first-order valence-corrected chi connectivity index (χ1v) is 6.50. The minimum Gasteiger partial charge on any atom is -0.395 e. The van der Waals surface area contributed by atoms with Crippen molar-refractivity contribution in [2.75, 3.05) is 11.9 Å².